The molecule has 11 nitrogen and oxygen atoms in total. The van der Waals surface area contributed by atoms with Crippen molar-refractivity contribution >= 4 is 12.0 Å². The summed E-state index contributed by atoms with van der Waals surface area (Å²) < 4.78 is 25.8. The van der Waals surface area contributed by atoms with Crippen LogP contribution in [0.25, 0.3) is 11.4 Å². The maximum Gasteiger partial charge on any atom is 0.407 e. The van der Waals surface area contributed by atoms with Crippen molar-refractivity contribution in [3.05, 3.63) is 89.3 Å². The van der Waals surface area contributed by atoms with Crippen LogP contribution in [0, 0.1) is 12.9 Å². The number of nitrogens with zero attached hydrogens (tertiary/aromatic N) is 7. The van der Waals surface area contributed by atoms with Gasteiger partial charge in [0, 0.05) is 52.0 Å². The molecule has 0 unspecified atom stereocenters. The predicted molar refractivity (Wildman–Crippen MR) is 159 cm³/mol. The number of benzene rings is 2. The Hall–Kier alpha value is -4.84. The molecule has 5 rings (SSSR count). The number of rotatable bonds is 10. The van der Waals surface area contributed by atoms with Crippen molar-refractivity contribution in [2.24, 2.45) is 0 Å². The van der Waals surface area contributed by atoms with Crippen molar-refractivity contribution in [2.75, 3.05) is 45.3 Å². The van der Waals surface area contributed by atoms with E-state index in [2.05, 4.69) is 19.9 Å². The molecule has 2 aromatic carbocycles. The van der Waals surface area contributed by atoms with Crippen molar-refractivity contribution < 1.29 is 23.8 Å². The molecular formula is C31H34FN7O4. The van der Waals surface area contributed by atoms with Crippen LogP contribution in [-0.4, -0.2) is 81.3 Å². The first-order chi connectivity index (χ1) is 20.8. The number of ether oxygens (including phenoxy) is 2. The summed E-state index contributed by atoms with van der Waals surface area (Å²) in [4.78, 5) is 34.6. The smallest absolute Gasteiger partial charge is 0.407 e. The van der Waals surface area contributed by atoms with Gasteiger partial charge in [-0.15, -0.1) is 0 Å². The fourth-order valence-electron chi connectivity index (χ4n) is 4.92. The maximum absolute atomic E-state index is 15.1. The van der Waals surface area contributed by atoms with Crippen molar-refractivity contribution in [1.82, 2.24) is 29.7 Å². The van der Waals surface area contributed by atoms with Gasteiger partial charge in [0.2, 0.25) is 11.9 Å². The highest BCUT2D eigenvalue weighted by Crippen LogP contribution is 2.25. The molecule has 12 heteroatoms. The molecule has 0 spiro atoms. The Bertz CT molecular complexity index is 1500. The molecule has 0 bridgehead atoms. The SMILES string of the molecule is COc1ccc(CN(Cc2ccc(OC)cc2)c2nc(C)nc(-c3cc(CN4CCN(C(=O)O)CC4)cnc3F)n2)cc1. The molecule has 0 aliphatic carbocycles. The van der Waals surface area contributed by atoms with E-state index in [1.165, 1.54) is 11.1 Å². The first-order valence-corrected chi connectivity index (χ1v) is 13.9. The van der Waals surface area contributed by atoms with Crippen LogP contribution in [0.3, 0.4) is 0 Å². The molecule has 43 heavy (non-hydrogen) atoms. The van der Waals surface area contributed by atoms with Crippen LogP contribution < -0.4 is 14.4 Å². The van der Waals surface area contributed by atoms with Gasteiger partial charge in [-0.25, -0.2) is 14.8 Å². The number of pyridine rings is 1. The fraction of sp³-hybridized carbons (Fsp3) is 0.323. The number of hydrogen-bond acceptors (Lipinski definition) is 9. The molecule has 0 atom stereocenters. The van der Waals surface area contributed by atoms with Gasteiger partial charge < -0.3 is 24.4 Å². The van der Waals surface area contributed by atoms with E-state index in [1.807, 2.05) is 53.4 Å². The third-order valence-corrected chi connectivity index (χ3v) is 7.27. The van der Waals surface area contributed by atoms with Gasteiger partial charge in [-0.2, -0.15) is 14.4 Å². The molecule has 2 aromatic heterocycles. The summed E-state index contributed by atoms with van der Waals surface area (Å²) >= 11 is 0. The lowest BCUT2D eigenvalue weighted by atomic mass is 10.1. The van der Waals surface area contributed by atoms with E-state index in [0.29, 0.717) is 57.6 Å². The highest BCUT2D eigenvalue weighted by molar-refractivity contribution is 5.65. The van der Waals surface area contributed by atoms with Gasteiger partial charge in [0.25, 0.3) is 0 Å². The molecule has 1 aliphatic rings. The minimum atomic E-state index is -0.917. The van der Waals surface area contributed by atoms with E-state index in [1.54, 1.807) is 27.2 Å². The summed E-state index contributed by atoms with van der Waals surface area (Å²) in [5, 5.41) is 9.22. The van der Waals surface area contributed by atoms with Gasteiger partial charge >= 0.3 is 6.09 Å². The largest absolute Gasteiger partial charge is 0.497 e. The topological polar surface area (TPSA) is 117 Å². The number of methoxy groups -OCH3 is 2. The lowest BCUT2D eigenvalue weighted by Gasteiger charge is -2.33. The first kappa shape index (κ1) is 29.6. The number of anilines is 1. The van der Waals surface area contributed by atoms with Crippen LogP contribution in [0.4, 0.5) is 15.1 Å². The van der Waals surface area contributed by atoms with Gasteiger partial charge in [0.05, 0.1) is 19.8 Å². The molecule has 1 fully saturated rings. The molecule has 0 saturated carbocycles. The fourth-order valence-corrected chi connectivity index (χ4v) is 4.92. The zero-order chi connectivity index (χ0) is 30.3. The second-order valence-corrected chi connectivity index (χ2v) is 10.3. The summed E-state index contributed by atoms with van der Waals surface area (Å²) in [5.41, 5.74) is 3.01. The predicted octanol–water partition coefficient (Wildman–Crippen LogP) is 4.40. The van der Waals surface area contributed by atoms with Gasteiger partial charge in [-0.1, -0.05) is 24.3 Å². The van der Waals surface area contributed by atoms with Crippen molar-refractivity contribution in [1.29, 1.82) is 0 Å². The number of amides is 1. The molecular weight excluding hydrogens is 553 g/mol. The second-order valence-electron chi connectivity index (χ2n) is 10.3. The normalized spacial score (nSPS) is 13.5. The molecule has 1 N–H and O–H groups in total. The first-order valence-electron chi connectivity index (χ1n) is 13.9. The quantitative estimate of drug-likeness (QED) is 0.268. The number of aromatic nitrogens is 4. The van der Waals surface area contributed by atoms with Gasteiger partial charge in [0.1, 0.15) is 17.3 Å². The van der Waals surface area contributed by atoms with Crippen LogP contribution in [0.1, 0.15) is 22.5 Å². The second kappa shape index (κ2) is 13.4. The highest BCUT2D eigenvalue weighted by Gasteiger charge is 2.22. The van der Waals surface area contributed by atoms with Crippen molar-refractivity contribution in [3.63, 3.8) is 0 Å². The zero-order valence-electron chi connectivity index (χ0n) is 24.4. The molecule has 1 aliphatic heterocycles. The molecule has 0 radical (unpaired) electrons. The molecule has 4 aromatic rings. The zero-order valence-corrected chi connectivity index (χ0v) is 24.4. The lowest BCUT2D eigenvalue weighted by Crippen LogP contribution is -2.47. The standard InChI is InChI=1S/C31H34FN7O4/c1-21-34-29(27-16-24(17-33-28(27)32)18-37-12-14-38(15-13-37)31(40)41)36-30(35-21)39(19-22-4-8-25(42-2)9-5-22)20-23-6-10-26(43-3)11-7-23/h4-11,16-17H,12-15,18-20H2,1-3H3,(H,40,41). The summed E-state index contributed by atoms with van der Waals surface area (Å²) in [6, 6.07) is 17.3. The average molecular weight is 588 g/mol. The Morgan fingerprint density at radius 2 is 1.47 bits per heavy atom. The lowest BCUT2D eigenvalue weighted by molar-refractivity contribution is 0.103. The van der Waals surface area contributed by atoms with Crippen LogP contribution in [0.2, 0.25) is 0 Å². The summed E-state index contributed by atoms with van der Waals surface area (Å²) in [5.74, 6) is 1.89. The van der Waals surface area contributed by atoms with Crippen LogP contribution in [-0.2, 0) is 19.6 Å². The molecule has 1 saturated heterocycles. The van der Waals surface area contributed by atoms with E-state index in [9.17, 15) is 9.90 Å². The summed E-state index contributed by atoms with van der Waals surface area (Å²) in [6.07, 6.45) is 0.580. The van der Waals surface area contributed by atoms with Crippen molar-refractivity contribution in [3.8, 4) is 22.9 Å². The monoisotopic (exact) mass is 587 g/mol. The van der Waals surface area contributed by atoms with Gasteiger partial charge in [0.15, 0.2) is 5.82 Å². The van der Waals surface area contributed by atoms with E-state index in [4.69, 9.17) is 14.5 Å². The Balaban J connectivity index is 1.43. The average Bonchev–Trinajstić information content (AvgIpc) is 3.02. The van der Waals surface area contributed by atoms with Crippen molar-refractivity contribution in [2.45, 2.75) is 26.6 Å². The van der Waals surface area contributed by atoms with Crippen LogP contribution in [0.5, 0.6) is 11.5 Å². The Labute approximate surface area is 249 Å². The number of piperazine rings is 1. The Morgan fingerprint density at radius 1 is 0.884 bits per heavy atom. The number of aryl methyl sites for hydroxylation is 1. The van der Waals surface area contributed by atoms with E-state index in [-0.39, 0.29) is 11.4 Å². The molecule has 1 amide bonds. The third-order valence-electron chi connectivity index (χ3n) is 7.27. The maximum atomic E-state index is 15.1. The Morgan fingerprint density at radius 3 is 2.00 bits per heavy atom. The Kier molecular flexibility index (Phi) is 9.26. The third kappa shape index (κ3) is 7.52. The number of hydrogen-bond donors (Lipinski definition) is 1. The molecule has 224 valence electrons. The van der Waals surface area contributed by atoms with E-state index >= 15 is 4.39 Å². The van der Waals surface area contributed by atoms with Crippen LogP contribution in [0.15, 0.2) is 60.8 Å². The summed E-state index contributed by atoms with van der Waals surface area (Å²) in [7, 11) is 3.25. The van der Waals surface area contributed by atoms with E-state index in [0.717, 1.165) is 28.2 Å². The van der Waals surface area contributed by atoms with Gasteiger partial charge in [-0.05, 0) is 53.9 Å². The minimum Gasteiger partial charge on any atom is -0.497 e. The van der Waals surface area contributed by atoms with Crippen LogP contribution >= 0.6 is 0 Å². The minimum absolute atomic E-state index is 0.183. The highest BCUT2D eigenvalue weighted by atomic mass is 19.1. The summed E-state index contributed by atoms with van der Waals surface area (Å²) in [6.45, 7) is 5.25. The number of carboxylic acid groups (broad SMARTS) is 1. The van der Waals surface area contributed by atoms with E-state index < -0.39 is 12.0 Å². The number of halogens is 1. The molecule has 3 heterocycles. The number of carbonyl (C=O) groups is 1. The van der Waals surface area contributed by atoms with Gasteiger partial charge in [-0.3, -0.25) is 4.90 Å².